The molecule has 5 rings (SSSR count). The van der Waals surface area contributed by atoms with Crippen molar-refractivity contribution in [2.75, 3.05) is 18.8 Å². The van der Waals surface area contributed by atoms with Gasteiger partial charge in [-0.25, -0.2) is 27.8 Å². The number of nitrogen functional groups attached to an aromatic ring is 1. The smallest absolute Gasteiger partial charge is 0.240 e. The molecule has 3 heterocycles. The standard InChI is InChI=1S/C23H24ClN7O2S/c24-17-7-9-19(10-8-17)34(32,33)29-12-15-3-5-16(6-4-15)21-20-22(25)27-14-28-23(20)31(30-21)18-2-1-11-26-13-18/h3-10,14,18,26,29H,1-2,11-13H2,(H2,25,27,28)/t18-/m1/s1. The first-order valence-corrected chi connectivity index (χ1v) is 12.8. The predicted molar refractivity (Wildman–Crippen MR) is 132 cm³/mol. The normalized spacial score (nSPS) is 16.7. The number of fused-ring (bicyclic) bond motifs is 1. The largest absolute Gasteiger partial charge is 0.383 e. The lowest BCUT2D eigenvalue weighted by Gasteiger charge is -2.23. The maximum absolute atomic E-state index is 12.5. The number of piperidine rings is 1. The van der Waals surface area contributed by atoms with Gasteiger partial charge in [-0.1, -0.05) is 35.9 Å². The molecule has 0 radical (unpaired) electrons. The summed E-state index contributed by atoms with van der Waals surface area (Å²) in [5.74, 6) is 0.384. The van der Waals surface area contributed by atoms with Gasteiger partial charge in [0.2, 0.25) is 10.0 Å². The number of halogens is 1. The molecule has 1 aliphatic heterocycles. The fourth-order valence-corrected chi connectivity index (χ4v) is 5.29. The van der Waals surface area contributed by atoms with Crippen molar-refractivity contribution < 1.29 is 8.42 Å². The molecule has 4 N–H and O–H groups in total. The topological polar surface area (TPSA) is 128 Å². The summed E-state index contributed by atoms with van der Waals surface area (Å²) >= 11 is 5.85. The van der Waals surface area contributed by atoms with Crippen LogP contribution in [0.25, 0.3) is 22.3 Å². The van der Waals surface area contributed by atoms with Crippen LogP contribution in [0.4, 0.5) is 5.82 Å². The van der Waals surface area contributed by atoms with Gasteiger partial charge in [0.15, 0.2) is 5.65 Å². The Bertz CT molecular complexity index is 1410. The lowest BCUT2D eigenvalue weighted by atomic mass is 10.1. The quantitative estimate of drug-likeness (QED) is 0.373. The fourth-order valence-electron chi connectivity index (χ4n) is 4.15. The van der Waals surface area contributed by atoms with E-state index in [0.717, 1.165) is 48.1 Å². The number of hydrogen-bond acceptors (Lipinski definition) is 7. The zero-order valence-electron chi connectivity index (χ0n) is 18.3. The first kappa shape index (κ1) is 22.7. The summed E-state index contributed by atoms with van der Waals surface area (Å²) in [6, 6.07) is 13.8. The average Bonchev–Trinajstić information content (AvgIpc) is 3.25. The molecule has 0 unspecified atom stereocenters. The summed E-state index contributed by atoms with van der Waals surface area (Å²) in [6.45, 7) is 1.98. The van der Waals surface area contributed by atoms with Crippen molar-refractivity contribution in [3.05, 3.63) is 65.4 Å². The monoisotopic (exact) mass is 497 g/mol. The van der Waals surface area contributed by atoms with Crippen molar-refractivity contribution in [3.8, 4) is 11.3 Å². The first-order chi connectivity index (χ1) is 16.4. The number of nitrogens with two attached hydrogens (primary N) is 1. The summed E-state index contributed by atoms with van der Waals surface area (Å²) in [5, 5.41) is 9.50. The number of nitrogens with one attached hydrogen (secondary N) is 2. The Hall–Kier alpha value is -3.05. The number of anilines is 1. The highest BCUT2D eigenvalue weighted by molar-refractivity contribution is 7.89. The zero-order chi connectivity index (χ0) is 23.7. The van der Waals surface area contributed by atoms with Gasteiger partial charge >= 0.3 is 0 Å². The Balaban J connectivity index is 1.40. The SMILES string of the molecule is Nc1ncnc2c1c(-c1ccc(CNS(=O)(=O)c3ccc(Cl)cc3)cc1)nn2[C@@H]1CCCNC1. The van der Waals surface area contributed by atoms with E-state index in [0.29, 0.717) is 16.5 Å². The van der Waals surface area contributed by atoms with E-state index < -0.39 is 10.0 Å². The number of benzene rings is 2. The molecular weight excluding hydrogens is 474 g/mol. The van der Waals surface area contributed by atoms with Crippen LogP contribution in [-0.2, 0) is 16.6 Å². The number of aromatic nitrogens is 4. The Morgan fingerprint density at radius 3 is 2.59 bits per heavy atom. The summed E-state index contributed by atoms with van der Waals surface area (Å²) in [4.78, 5) is 8.81. The maximum atomic E-state index is 12.5. The minimum absolute atomic E-state index is 0.152. The molecule has 1 aliphatic rings. The highest BCUT2D eigenvalue weighted by Gasteiger charge is 2.23. The van der Waals surface area contributed by atoms with Crippen LogP contribution < -0.4 is 15.8 Å². The molecule has 1 atom stereocenters. The molecule has 1 fully saturated rings. The molecule has 34 heavy (non-hydrogen) atoms. The maximum Gasteiger partial charge on any atom is 0.240 e. The third kappa shape index (κ3) is 4.49. The zero-order valence-corrected chi connectivity index (χ0v) is 19.9. The van der Waals surface area contributed by atoms with Crippen molar-refractivity contribution in [1.29, 1.82) is 0 Å². The highest BCUT2D eigenvalue weighted by Crippen LogP contribution is 2.33. The predicted octanol–water partition coefficient (Wildman–Crippen LogP) is 3.13. The molecule has 1 saturated heterocycles. The number of sulfonamides is 1. The van der Waals surface area contributed by atoms with Crippen LogP contribution in [0, 0.1) is 0 Å². The second-order valence-corrected chi connectivity index (χ2v) is 10.4. The lowest BCUT2D eigenvalue weighted by Crippen LogP contribution is -2.32. The van der Waals surface area contributed by atoms with Gasteiger partial charge in [-0.2, -0.15) is 5.10 Å². The van der Waals surface area contributed by atoms with Crippen LogP contribution in [0.1, 0.15) is 24.4 Å². The molecule has 11 heteroatoms. The van der Waals surface area contributed by atoms with Crippen LogP contribution in [-0.4, -0.2) is 41.3 Å². The van der Waals surface area contributed by atoms with Gasteiger partial charge in [0.25, 0.3) is 0 Å². The van der Waals surface area contributed by atoms with E-state index in [1.807, 2.05) is 28.9 Å². The van der Waals surface area contributed by atoms with Crippen LogP contribution in [0.3, 0.4) is 0 Å². The van der Waals surface area contributed by atoms with E-state index in [4.69, 9.17) is 22.4 Å². The summed E-state index contributed by atoms with van der Waals surface area (Å²) in [5.41, 5.74) is 9.33. The Morgan fingerprint density at radius 2 is 1.88 bits per heavy atom. The lowest BCUT2D eigenvalue weighted by molar-refractivity contribution is 0.354. The highest BCUT2D eigenvalue weighted by atomic mass is 35.5. The Morgan fingerprint density at radius 1 is 1.12 bits per heavy atom. The van der Waals surface area contributed by atoms with Crippen molar-refractivity contribution in [3.63, 3.8) is 0 Å². The molecule has 9 nitrogen and oxygen atoms in total. The molecule has 2 aromatic heterocycles. The second-order valence-electron chi connectivity index (χ2n) is 8.23. The van der Waals surface area contributed by atoms with Gasteiger partial charge in [-0.05, 0) is 49.2 Å². The van der Waals surface area contributed by atoms with E-state index in [1.165, 1.54) is 18.5 Å². The molecule has 4 aromatic rings. The van der Waals surface area contributed by atoms with E-state index in [-0.39, 0.29) is 17.5 Å². The summed E-state index contributed by atoms with van der Waals surface area (Å²) in [7, 11) is -3.64. The van der Waals surface area contributed by atoms with Gasteiger partial charge < -0.3 is 11.1 Å². The third-order valence-electron chi connectivity index (χ3n) is 5.95. The van der Waals surface area contributed by atoms with Gasteiger partial charge in [-0.3, -0.25) is 0 Å². The molecule has 0 amide bonds. The van der Waals surface area contributed by atoms with Gasteiger partial charge in [0.05, 0.1) is 16.3 Å². The summed E-state index contributed by atoms with van der Waals surface area (Å²) in [6.07, 6.45) is 3.55. The van der Waals surface area contributed by atoms with Crippen molar-refractivity contribution in [1.82, 2.24) is 29.8 Å². The second kappa shape index (κ2) is 9.30. The Labute approximate surface area is 202 Å². The summed E-state index contributed by atoms with van der Waals surface area (Å²) < 4.78 is 29.7. The Kier molecular flexibility index (Phi) is 6.22. The van der Waals surface area contributed by atoms with Crippen molar-refractivity contribution in [2.24, 2.45) is 0 Å². The molecule has 0 spiro atoms. The third-order valence-corrected chi connectivity index (χ3v) is 7.62. The fraction of sp³-hybridized carbons (Fsp3) is 0.261. The van der Waals surface area contributed by atoms with E-state index >= 15 is 0 Å². The van der Waals surface area contributed by atoms with Gasteiger partial charge in [0.1, 0.15) is 17.8 Å². The molecule has 176 valence electrons. The average molecular weight is 498 g/mol. The minimum atomic E-state index is -3.64. The molecule has 2 aromatic carbocycles. The van der Waals surface area contributed by atoms with Crippen LogP contribution >= 0.6 is 11.6 Å². The molecular formula is C23H24ClN7O2S. The first-order valence-electron chi connectivity index (χ1n) is 11.0. The van der Waals surface area contributed by atoms with Crippen molar-refractivity contribution in [2.45, 2.75) is 30.3 Å². The van der Waals surface area contributed by atoms with E-state index in [2.05, 4.69) is 20.0 Å². The number of rotatable bonds is 6. The van der Waals surface area contributed by atoms with Gasteiger partial charge in [0, 0.05) is 23.7 Å². The van der Waals surface area contributed by atoms with E-state index in [1.54, 1.807) is 12.1 Å². The van der Waals surface area contributed by atoms with Crippen LogP contribution in [0.2, 0.25) is 5.02 Å². The molecule has 0 aliphatic carbocycles. The van der Waals surface area contributed by atoms with Crippen LogP contribution in [0.15, 0.2) is 59.8 Å². The number of nitrogens with zero attached hydrogens (tertiary/aromatic N) is 4. The van der Waals surface area contributed by atoms with Crippen molar-refractivity contribution >= 4 is 38.5 Å². The molecule has 0 bridgehead atoms. The minimum Gasteiger partial charge on any atom is -0.383 e. The number of hydrogen-bond donors (Lipinski definition) is 3. The van der Waals surface area contributed by atoms with Crippen LogP contribution in [0.5, 0.6) is 0 Å². The van der Waals surface area contributed by atoms with Gasteiger partial charge in [-0.15, -0.1) is 0 Å². The van der Waals surface area contributed by atoms with E-state index in [9.17, 15) is 8.42 Å². The molecule has 0 saturated carbocycles.